The molecule has 5 atom stereocenters. The first-order chi connectivity index (χ1) is 6.82. The molecule has 2 radical (unpaired) electrons. The largest absolute Gasteiger partial charge is 0.479 e. The predicted molar refractivity (Wildman–Crippen MR) is 50.5 cm³/mol. The third kappa shape index (κ3) is 5.21. The monoisotopic (exact) mass is 266 g/mol. The van der Waals surface area contributed by atoms with Gasteiger partial charge in [-0.15, -0.1) is 0 Å². The standard InChI is InChI=1S/C7H14O8.Ca/c8-1-2(9)3(10)4(11)5(12)6(13)7(14)15;/h2-6,8-13H,1H2,(H,14,15);. The molecule has 7 N–H and O–H groups in total. The first-order valence-electron chi connectivity index (χ1n) is 4.07. The molecule has 0 aromatic heterocycles. The average Bonchev–Trinajstić information content (AvgIpc) is 2.23. The maximum absolute atomic E-state index is 10.2. The number of carboxylic acids is 1. The van der Waals surface area contributed by atoms with E-state index in [-0.39, 0.29) is 37.7 Å². The van der Waals surface area contributed by atoms with Gasteiger partial charge < -0.3 is 35.7 Å². The van der Waals surface area contributed by atoms with Crippen molar-refractivity contribution in [2.75, 3.05) is 6.61 Å². The van der Waals surface area contributed by atoms with Gasteiger partial charge in [-0.1, -0.05) is 0 Å². The van der Waals surface area contributed by atoms with Gasteiger partial charge in [0.05, 0.1) is 6.61 Å². The SMILES string of the molecule is O=C(O)C(O)C(O)C(O)C(O)C(O)CO.[Ca]. The number of carbonyl (C=O) groups is 1. The second kappa shape index (κ2) is 8.56. The zero-order chi connectivity index (χ0) is 12.2. The Morgan fingerprint density at radius 1 is 0.938 bits per heavy atom. The molecule has 9 heteroatoms. The first-order valence-corrected chi connectivity index (χ1v) is 4.07. The van der Waals surface area contributed by atoms with E-state index in [2.05, 4.69) is 0 Å². The van der Waals surface area contributed by atoms with Gasteiger partial charge in [0.2, 0.25) is 0 Å². The Labute approximate surface area is 121 Å². The van der Waals surface area contributed by atoms with Crippen molar-refractivity contribution in [1.82, 2.24) is 0 Å². The van der Waals surface area contributed by atoms with Gasteiger partial charge in [0.25, 0.3) is 0 Å². The van der Waals surface area contributed by atoms with E-state index in [1.54, 1.807) is 0 Å². The summed E-state index contributed by atoms with van der Waals surface area (Å²) in [5.41, 5.74) is 0. The molecule has 0 aliphatic rings. The average molecular weight is 266 g/mol. The van der Waals surface area contributed by atoms with Crippen molar-refractivity contribution in [2.45, 2.75) is 30.5 Å². The molecular weight excluding hydrogens is 252 g/mol. The molecule has 0 spiro atoms. The fourth-order valence-corrected chi connectivity index (χ4v) is 0.870. The minimum Gasteiger partial charge on any atom is -0.479 e. The Bertz CT molecular complexity index is 213. The molecule has 16 heavy (non-hydrogen) atoms. The molecule has 5 unspecified atom stereocenters. The summed E-state index contributed by atoms with van der Waals surface area (Å²) in [5, 5.41) is 61.5. The molecule has 0 aromatic carbocycles. The summed E-state index contributed by atoms with van der Waals surface area (Å²) < 4.78 is 0. The van der Waals surface area contributed by atoms with Crippen LogP contribution in [0.15, 0.2) is 0 Å². The quantitative estimate of drug-likeness (QED) is 0.237. The van der Waals surface area contributed by atoms with Gasteiger partial charge in [-0.2, -0.15) is 0 Å². The van der Waals surface area contributed by atoms with E-state index in [0.29, 0.717) is 0 Å². The molecule has 0 heterocycles. The van der Waals surface area contributed by atoms with Gasteiger partial charge in [0.15, 0.2) is 6.10 Å². The molecular formula is C7H14CaO8. The number of hydrogen-bond donors (Lipinski definition) is 7. The van der Waals surface area contributed by atoms with E-state index in [1.807, 2.05) is 0 Å². The molecule has 0 amide bonds. The van der Waals surface area contributed by atoms with E-state index in [9.17, 15) is 4.79 Å². The van der Waals surface area contributed by atoms with Crippen LogP contribution in [-0.2, 0) is 4.79 Å². The molecule has 8 nitrogen and oxygen atoms in total. The Morgan fingerprint density at radius 3 is 1.69 bits per heavy atom. The van der Waals surface area contributed by atoms with Crippen LogP contribution in [0.25, 0.3) is 0 Å². The van der Waals surface area contributed by atoms with Crippen LogP contribution >= 0.6 is 0 Å². The Morgan fingerprint density at radius 2 is 1.38 bits per heavy atom. The molecule has 0 aliphatic heterocycles. The van der Waals surface area contributed by atoms with Crippen LogP contribution in [0.4, 0.5) is 0 Å². The van der Waals surface area contributed by atoms with Gasteiger partial charge in [-0.3, -0.25) is 0 Å². The van der Waals surface area contributed by atoms with Gasteiger partial charge in [0, 0.05) is 37.7 Å². The fourth-order valence-electron chi connectivity index (χ4n) is 0.870. The van der Waals surface area contributed by atoms with Crippen LogP contribution in [0.5, 0.6) is 0 Å². The number of aliphatic hydroxyl groups excluding tert-OH is 6. The number of hydrogen-bond acceptors (Lipinski definition) is 7. The van der Waals surface area contributed by atoms with Crippen molar-refractivity contribution in [3.63, 3.8) is 0 Å². The minimum absolute atomic E-state index is 0. The Balaban J connectivity index is 0. The molecule has 0 rings (SSSR count). The first kappa shape index (κ1) is 18.8. The zero-order valence-corrected chi connectivity index (χ0v) is 10.5. The van der Waals surface area contributed by atoms with Crippen molar-refractivity contribution in [2.24, 2.45) is 0 Å². The number of carboxylic acid groups (broad SMARTS) is 1. The molecule has 0 fully saturated rings. The van der Waals surface area contributed by atoms with Gasteiger partial charge in [0.1, 0.15) is 24.4 Å². The van der Waals surface area contributed by atoms with Crippen LogP contribution in [0.2, 0.25) is 0 Å². The maximum atomic E-state index is 10.2. The summed E-state index contributed by atoms with van der Waals surface area (Å²) in [6.45, 7) is -0.881. The van der Waals surface area contributed by atoms with Crippen LogP contribution < -0.4 is 0 Å². The number of aliphatic hydroxyl groups is 6. The van der Waals surface area contributed by atoms with Crippen molar-refractivity contribution < 1.29 is 40.5 Å². The van der Waals surface area contributed by atoms with Crippen LogP contribution in [-0.4, -0.2) is 117 Å². The van der Waals surface area contributed by atoms with E-state index >= 15 is 0 Å². The second-order valence-electron chi connectivity index (χ2n) is 3.00. The van der Waals surface area contributed by atoms with Crippen LogP contribution in [0.3, 0.4) is 0 Å². The van der Waals surface area contributed by atoms with Crippen molar-refractivity contribution in [3.8, 4) is 0 Å². The molecule has 0 aromatic rings. The molecule has 0 saturated carbocycles. The Hall–Kier alpha value is 0.490. The zero-order valence-electron chi connectivity index (χ0n) is 8.34. The van der Waals surface area contributed by atoms with E-state index in [1.165, 1.54) is 0 Å². The van der Waals surface area contributed by atoms with Gasteiger partial charge in [-0.05, 0) is 0 Å². The fraction of sp³-hybridized carbons (Fsp3) is 0.857. The third-order valence-corrected chi connectivity index (χ3v) is 1.86. The van der Waals surface area contributed by atoms with Crippen molar-refractivity contribution in [3.05, 3.63) is 0 Å². The topological polar surface area (TPSA) is 159 Å². The third-order valence-electron chi connectivity index (χ3n) is 1.86. The number of aliphatic carboxylic acids is 1. The van der Waals surface area contributed by atoms with Crippen LogP contribution in [0, 0.1) is 0 Å². The summed E-state index contributed by atoms with van der Waals surface area (Å²) in [4.78, 5) is 10.2. The summed E-state index contributed by atoms with van der Waals surface area (Å²) >= 11 is 0. The molecule has 0 aliphatic carbocycles. The van der Waals surface area contributed by atoms with Crippen molar-refractivity contribution in [1.29, 1.82) is 0 Å². The normalized spacial score (nSPS) is 20.1. The molecule has 0 saturated heterocycles. The van der Waals surface area contributed by atoms with E-state index < -0.39 is 43.1 Å². The second-order valence-corrected chi connectivity index (χ2v) is 3.00. The van der Waals surface area contributed by atoms with Crippen LogP contribution in [0.1, 0.15) is 0 Å². The van der Waals surface area contributed by atoms with E-state index in [4.69, 9.17) is 35.7 Å². The van der Waals surface area contributed by atoms with Crippen molar-refractivity contribution >= 4 is 43.7 Å². The molecule has 92 valence electrons. The summed E-state index contributed by atoms with van der Waals surface area (Å²) in [5.74, 6) is -1.78. The summed E-state index contributed by atoms with van der Waals surface area (Å²) in [6.07, 6.45) is -10.2. The minimum atomic E-state index is -2.29. The smallest absolute Gasteiger partial charge is 0.335 e. The number of rotatable bonds is 6. The van der Waals surface area contributed by atoms with Gasteiger partial charge >= 0.3 is 5.97 Å². The predicted octanol–water partition coefficient (Wildman–Crippen LogP) is -4.51. The summed E-state index contributed by atoms with van der Waals surface area (Å²) in [7, 11) is 0. The summed E-state index contributed by atoms with van der Waals surface area (Å²) in [6, 6.07) is 0. The van der Waals surface area contributed by atoms with E-state index in [0.717, 1.165) is 0 Å². The molecule has 0 bridgehead atoms. The maximum Gasteiger partial charge on any atom is 0.335 e. The Kier molecular flexibility index (Phi) is 10.1. The van der Waals surface area contributed by atoms with Gasteiger partial charge in [-0.25, -0.2) is 4.79 Å².